The van der Waals surface area contributed by atoms with Crippen LogP contribution < -0.4 is 5.32 Å². The highest BCUT2D eigenvalue weighted by Crippen LogP contribution is 2.11. The molecule has 130 valence electrons. The van der Waals surface area contributed by atoms with Crippen molar-refractivity contribution in [3.05, 3.63) is 42.7 Å². The molecule has 1 unspecified atom stereocenters. The monoisotopic (exact) mass is 350 g/mol. The zero-order valence-electron chi connectivity index (χ0n) is 13.8. The number of hydrogen-bond acceptors (Lipinski definition) is 5. The number of carbonyl (C=O) groups excluding carboxylic acids is 1. The van der Waals surface area contributed by atoms with E-state index in [0.29, 0.717) is 6.54 Å². The molecule has 24 heavy (non-hydrogen) atoms. The van der Waals surface area contributed by atoms with E-state index in [1.54, 1.807) is 30.6 Å². The molecular weight excluding hydrogens is 328 g/mol. The Kier molecular flexibility index (Phi) is 6.08. The van der Waals surface area contributed by atoms with E-state index >= 15 is 0 Å². The maximum absolute atomic E-state index is 12.2. The Morgan fingerprint density at radius 3 is 2.38 bits per heavy atom. The number of rotatable bonds is 8. The average molecular weight is 350 g/mol. The van der Waals surface area contributed by atoms with Gasteiger partial charge in [-0.05, 0) is 18.1 Å². The highest BCUT2D eigenvalue weighted by molar-refractivity contribution is 7.91. The Balaban J connectivity index is 1.91. The van der Waals surface area contributed by atoms with Gasteiger partial charge in [0.15, 0.2) is 9.84 Å². The summed E-state index contributed by atoms with van der Waals surface area (Å²) in [7, 11) is -3.45. The fourth-order valence-electron chi connectivity index (χ4n) is 2.19. The van der Waals surface area contributed by atoms with Crippen LogP contribution in [0.3, 0.4) is 0 Å². The van der Waals surface area contributed by atoms with Gasteiger partial charge in [0.05, 0.1) is 35.6 Å². The first kappa shape index (κ1) is 18.1. The Hall–Kier alpha value is -2.22. The molecule has 0 spiro atoms. The predicted molar refractivity (Wildman–Crippen MR) is 89.9 cm³/mol. The Morgan fingerprint density at radius 2 is 1.79 bits per heavy atom. The van der Waals surface area contributed by atoms with Crippen LogP contribution in [-0.2, 0) is 21.2 Å². The third-order valence-corrected chi connectivity index (χ3v) is 5.41. The standard InChI is InChI=1S/C16H22N4O3S/c1-13(2)15(12-20-17-9-10-18-20)19-16(21)8-11-24(22,23)14-6-4-3-5-7-14/h3-7,9-10,13,15H,8,11-12H2,1-2H3,(H,19,21). The van der Waals surface area contributed by atoms with Crippen LogP contribution in [0.1, 0.15) is 20.3 Å². The zero-order valence-corrected chi connectivity index (χ0v) is 14.6. The van der Waals surface area contributed by atoms with Crippen molar-refractivity contribution in [1.82, 2.24) is 20.3 Å². The molecule has 0 radical (unpaired) electrons. The van der Waals surface area contributed by atoms with Crippen LogP contribution in [0.4, 0.5) is 0 Å². The lowest BCUT2D eigenvalue weighted by atomic mass is 10.0. The van der Waals surface area contributed by atoms with Gasteiger partial charge in [-0.2, -0.15) is 15.0 Å². The van der Waals surface area contributed by atoms with Crippen LogP contribution in [0, 0.1) is 5.92 Å². The molecule has 8 heteroatoms. The van der Waals surface area contributed by atoms with Crippen LogP contribution >= 0.6 is 0 Å². The summed E-state index contributed by atoms with van der Waals surface area (Å²) in [4.78, 5) is 13.9. The van der Waals surface area contributed by atoms with Crippen molar-refractivity contribution < 1.29 is 13.2 Å². The number of nitrogens with zero attached hydrogens (tertiary/aromatic N) is 3. The van der Waals surface area contributed by atoms with Gasteiger partial charge in [-0.1, -0.05) is 32.0 Å². The molecule has 1 aromatic heterocycles. The Morgan fingerprint density at radius 1 is 1.17 bits per heavy atom. The molecule has 2 aromatic rings. The van der Waals surface area contributed by atoms with Crippen LogP contribution in [0.2, 0.25) is 0 Å². The Labute approximate surface area is 142 Å². The lowest BCUT2D eigenvalue weighted by molar-refractivity contribution is -0.121. The van der Waals surface area contributed by atoms with Gasteiger partial charge in [0, 0.05) is 6.42 Å². The molecule has 0 aliphatic heterocycles. The first-order chi connectivity index (χ1) is 11.4. The van der Waals surface area contributed by atoms with Crippen molar-refractivity contribution >= 4 is 15.7 Å². The third-order valence-electron chi connectivity index (χ3n) is 3.68. The smallest absolute Gasteiger partial charge is 0.221 e. The van der Waals surface area contributed by atoms with E-state index in [2.05, 4.69) is 15.5 Å². The van der Waals surface area contributed by atoms with Crippen molar-refractivity contribution in [1.29, 1.82) is 0 Å². The van der Waals surface area contributed by atoms with E-state index < -0.39 is 9.84 Å². The molecule has 1 atom stereocenters. The summed E-state index contributed by atoms with van der Waals surface area (Å²) in [6.45, 7) is 4.41. The maximum Gasteiger partial charge on any atom is 0.221 e. The summed E-state index contributed by atoms with van der Waals surface area (Å²) in [5.41, 5.74) is 0. The van der Waals surface area contributed by atoms with E-state index in [4.69, 9.17) is 0 Å². The van der Waals surface area contributed by atoms with Gasteiger partial charge in [-0.25, -0.2) is 8.42 Å². The van der Waals surface area contributed by atoms with E-state index in [-0.39, 0.29) is 34.9 Å². The minimum atomic E-state index is -3.45. The molecule has 7 nitrogen and oxygen atoms in total. The van der Waals surface area contributed by atoms with Gasteiger partial charge in [0.2, 0.25) is 5.91 Å². The summed E-state index contributed by atoms with van der Waals surface area (Å²) in [5, 5.41) is 10.9. The second-order valence-electron chi connectivity index (χ2n) is 5.88. The first-order valence-corrected chi connectivity index (χ1v) is 9.45. The average Bonchev–Trinajstić information content (AvgIpc) is 3.06. The van der Waals surface area contributed by atoms with E-state index in [1.807, 2.05) is 13.8 Å². The number of nitrogens with one attached hydrogen (secondary N) is 1. The topological polar surface area (TPSA) is 93.9 Å². The second kappa shape index (κ2) is 8.05. The van der Waals surface area contributed by atoms with Crippen molar-refractivity contribution in [3.8, 4) is 0 Å². The minimum Gasteiger partial charge on any atom is -0.351 e. The molecule has 0 saturated carbocycles. The van der Waals surface area contributed by atoms with Gasteiger partial charge < -0.3 is 5.32 Å². The van der Waals surface area contributed by atoms with E-state index in [9.17, 15) is 13.2 Å². The van der Waals surface area contributed by atoms with Crippen LogP contribution in [0.15, 0.2) is 47.6 Å². The van der Waals surface area contributed by atoms with Crippen molar-refractivity contribution in [2.45, 2.75) is 37.8 Å². The second-order valence-corrected chi connectivity index (χ2v) is 7.99. The molecule has 0 fully saturated rings. The SMILES string of the molecule is CC(C)C(Cn1nccn1)NC(=O)CCS(=O)(=O)c1ccccc1. The largest absolute Gasteiger partial charge is 0.351 e. The molecule has 1 amide bonds. The van der Waals surface area contributed by atoms with Gasteiger partial charge in [-0.15, -0.1) is 0 Å². The van der Waals surface area contributed by atoms with Crippen LogP contribution in [-0.4, -0.2) is 41.1 Å². The summed E-state index contributed by atoms with van der Waals surface area (Å²) in [6.07, 6.45) is 3.07. The van der Waals surface area contributed by atoms with Crippen molar-refractivity contribution in [3.63, 3.8) is 0 Å². The molecule has 0 saturated heterocycles. The quantitative estimate of drug-likeness (QED) is 0.774. The number of benzene rings is 1. The molecular formula is C16H22N4O3S. The highest BCUT2D eigenvalue weighted by atomic mass is 32.2. The first-order valence-electron chi connectivity index (χ1n) is 7.80. The summed E-state index contributed by atoms with van der Waals surface area (Å²) < 4.78 is 24.4. The molecule has 1 heterocycles. The van der Waals surface area contributed by atoms with Crippen molar-refractivity contribution in [2.75, 3.05) is 5.75 Å². The number of carbonyl (C=O) groups is 1. The molecule has 1 aromatic carbocycles. The van der Waals surface area contributed by atoms with Gasteiger partial charge in [0.1, 0.15) is 0 Å². The van der Waals surface area contributed by atoms with Crippen molar-refractivity contribution in [2.24, 2.45) is 5.92 Å². The lowest BCUT2D eigenvalue weighted by Crippen LogP contribution is -2.42. The van der Waals surface area contributed by atoms with Crippen LogP contribution in [0.5, 0.6) is 0 Å². The predicted octanol–water partition coefficient (Wildman–Crippen LogP) is 1.28. The summed E-state index contributed by atoms with van der Waals surface area (Å²) >= 11 is 0. The molecule has 1 N–H and O–H groups in total. The number of hydrogen-bond donors (Lipinski definition) is 1. The Bertz CT molecular complexity index is 743. The fourth-order valence-corrected chi connectivity index (χ4v) is 3.45. The van der Waals surface area contributed by atoms with E-state index in [0.717, 1.165) is 0 Å². The number of amides is 1. The number of aromatic nitrogens is 3. The summed E-state index contributed by atoms with van der Waals surface area (Å²) in [5.74, 6) is -0.334. The van der Waals surface area contributed by atoms with Gasteiger partial charge in [0.25, 0.3) is 0 Å². The van der Waals surface area contributed by atoms with Gasteiger partial charge >= 0.3 is 0 Å². The lowest BCUT2D eigenvalue weighted by Gasteiger charge is -2.21. The fraction of sp³-hybridized carbons (Fsp3) is 0.438. The molecule has 0 aliphatic carbocycles. The molecule has 0 aliphatic rings. The summed E-state index contributed by atoms with van der Waals surface area (Å²) in [6, 6.07) is 7.99. The molecule has 0 bridgehead atoms. The highest BCUT2D eigenvalue weighted by Gasteiger charge is 2.20. The van der Waals surface area contributed by atoms with Crippen LogP contribution in [0.25, 0.3) is 0 Å². The van der Waals surface area contributed by atoms with Gasteiger partial charge in [-0.3, -0.25) is 4.79 Å². The molecule has 2 rings (SSSR count). The normalized spacial score (nSPS) is 13.0. The maximum atomic E-state index is 12.2. The third kappa shape index (κ3) is 5.16. The zero-order chi connectivity index (χ0) is 17.6. The minimum absolute atomic E-state index is 0.0764. The van der Waals surface area contributed by atoms with E-state index in [1.165, 1.54) is 16.9 Å². The number of sulfone groups is 1.